The largest absolute Gasteiger partial charge is 0.370 e. The lowest BCUT2D eigenvalue weighted by molar-refractivity contribution is 0.521. The molecule has 1 fully saturated rings. The summed E-state index contributed by atoms with van der Waals surface area (Å²) < 4.78 is 0. The van der Waals surface area contributed by atoms with Crippen LogP contribution in [0.3, 0.4) is 0 Å². The average Bonchev–Trinajstić information content (AvgIpc) is 2.62. The standard InChI is InChI=1S/C15H19ClN2/c1-12-3-2-7-18(8-6-12)15-5-4-13(10-16)9-14(15)11-17/h4-5,9,12H,2-3,6-8,10H2,1H3. The van der Waals surface area contributed by atoms with Gasteiger partial charge in [-0.2, -0.15) is 5.26 Å². The molecule has 0 spiro atoms. The fourth-order valence-corrected chi connectivity index (χ4v) is 2.70. The molecule has 0 amide bonds. The van der Waals surface area contributed by atoms with Crippen molar-refractivity contribution in [1.82, 2.24) is 0 Å². The first-order valence-corrected chi connectivity index (χ1v) is 7.12. The second-order valence-corrected chi connectivity index (χ2v) is 5.39. The van der Waals surface area contributed by atoms with Crippen molar-refractivity contribution < 1.29 is 0 Å². The molecule has 0 aromatic heterocycles. The van der Waals surface area contributed by atoms with Crippen LogP contribution in [0.5, 0.6) is 0 Å². The Labute approximate surface area is 114 Å². The first-order chi connectivity index (χ1) is 8.74. The van der Waals surface area contributed by atoms with Crippen LogP contribution in [0.25, 0.3) is 0 Å². The fourth-order valence-electron chi connectivity index (χ4n) is 2.54. The molecule has 1 saturated heterocycles. The van der Waals surface area contributed by atoms with Crippen LogP contribution in [-0.2, 0) is 5.88 Å². The van der Waals surface area contributed by atoms with E-state index in [2.05, 4.69) is 17.9 Å². The van der Waals surface area contributed by atoms with Gasteiger partial charge in [0, 0.05) is 19.0 Å². The Morgan fingerprint density at radius 1 is 1.39 bits per heavy atom. The van der Waals surface area contributed by atoms with E-state index in [4.69, 9.17) is 11.6 Å². The third-order valence-corrected chi connectivity index (χ3v) is 4.00. The van der Waals surface area contributed by atoms with Gasteiger partial charge in [-0.1, -0.05) is 13.0 Å². The van der Waals surface area contributed by atoms with Crippen molar-refractivity contribution in [1.29, 1.82) is 5.26 Å². The van der Waals surface area contributed by atoms with Gasteiger partial charge in [0.2, 0.25) is 0 Å². The minimum atomic E-state index is 0.464. The topological polar surface area (TPSA) is 27.0 Å². The third-order valence-electron chi connectivity index (χ3n) is 3.69. The summed E-state index contributed by atoms with van der Waals surface area (Å²) in [7, 11) is 0. The Kier molecular flexibility index (Phi) is 4.49. The van der Waals surface area contributed by atoms with Crippen molar-refractivity contribution in [3.63, 3.8) is 0 Å². The molecule has 2 nitrogen and oxygen atoms in total. The highest BCUT2D eigenvalue weighted by molar-refractivity contribution is 6.17. The van der Waals surface area contributed by atoms with Gasteiger partial charge >= 0.3 is 0 Å². The number of alkyl halides is 1. The predicted octanol–water partition coefficient (Wildman–Crippen LogP) is 3.92. The van der Waals surface area contributed by atoms with E-state index in [1.165, 1.54) is 19.3 Å². The lowest BCUT2D eigenvalue weighted by Crippen LogP contribution is -2.25. The molecule has 1 unspecified atom stereocenters. The van der Waals surface area contributed by atoms with E-state index >= 15 is 0 Å². The fraction of sp³-hybridized carbons (Fsp3) is 0.533. The number of halogens is 1. The predicted molar refractivity (Wildman–Crippen MR) is 75.9 cm³/mol. The normalized spacial score (nSPS) is 20.3. The maximum Gasteiger partial charge on any atom is 0.101 e. The van der Waals surface area contributed by atoms with Crippen molar-refractivity contribution in [2.24, 2.45) is 5.92 Å². The van der Waals surface area contributed by atoms with E-state index in [9.17, 15) is 5.26 Å². The van der Waals surface area contributed by atoms with Crippen LogP contribution in [0.15, 0.2) is 18.2 Å². The van der Waals surface area contributed by atoms with E-state index in [-0.39, 0.29) is 0 Å². The van der Waals surface area contributed by atoms with Gasteiger partial charge in [-0.15, -0.1) is 11.6 Å². The number of anilines is 1. The zero-order valence-corrected chi connectivity index (χ0v) is 11.6. The molecule has 0 aliphatic carbocycles. The van der Waals surface area contributed by atoms with E-state index < -0.39 is 0 Å². The molecule has 18 heavy (non-hydrogen) atoms. The zero-order valence-electron chi connectivity index (χ0n) is 10.8. The number of nitriles is 1. The molecule has 0 N–H and O–H groups in total. The lowest BCUT2D eigenvalue weighted by Gasteiger charge is -2.24. The molecular weight excluding hydrogens is 244 g/mol. The zero-order chi connectivity index (χ0) is 13.0. The second-order valence-electron chi connectivity index (χ2n) is 5.12. The summed E-state index contributed by atoms with van der Waals surface area (Å²) in [6.45, 7) is 4.42. The quantitative estimate of drug-likeness (QED) is 0.756. The molecule has 0 radical (unpaired) electrons. The number of benzene rings is 1. The Bertz CT molecular complexity index is 450. The molecule has 96 valence electrons. The van der Waals surface area contributed by atoms with Crippen LogP contribution in [-0.4, -0.2) is 13.1 Å². The molecule has 1 aliphatic heterocycles. The Morgan fingerprint density at radius 3 is 2.94 bits per heavy atom. The van der Waals surface area contributed by atoms with E-state index in [0.717, 1.165) is 35.8 Å². The summed E-state index contributed by atoms with van der Waals surface area (Å²) in [5.74, 6) is 1.26. The first-order valence-electron chi connectivity index (χ1n) is 6.58. The van der Waals surface area contributed by atoms with Crippen LogP contribution in [0.1, 0.15) is 37.3 Å². The van der Waals surface area contributed by atoms with Gasteiger partial charge < -0.3 is 4.90 Å². The summed E-state index contributed by atoms with van der Waals surface area (Å²) in [4.78, 5) is 2.35. The molecule has 1 aromatic carbocycles. The summed E-state index contributed by atoms with van der Waals surface area (Å²) in [6.07, 6.45) is 3.71. The smallest absolute Gasteiger partial charge is 0.101 e. The molecule has 0 bridgehead atoms. The minimum Gasteiger partial charge on any atom is -0.370 e. The molecule has 0 saturated carbocycles. The molecule has 1 aliphatic rings. The Hall–Kier alpha value is -1.20. The first kappa shape index (κ1) is 13.2. The van der Waals surface area contributed by atoms with Crippen molar-refractivity contribution in [3.05, 3.63) is 29.3 Å². The van der Waals surface area contributed by atoms with Gasteiger partial charge in [-0.05, 0) is 42.9 Å². The van der Waals surface area contributed by atoms with Gasteiger partial charge in [-0.3, -0.25) is 0 Å². The molecule has 3 heteroatoms. The minimum absolute atomic E-state index is 0.464. The molecular formula is C15H19ClN2. The molecule has 1 aromatic rings. The number of nitrogens with zero attached hydrogens (tertiary/aromatic N) is 2. The van der Waals surface area contributed by atoms with Crippen LogP contribution in [0.4, 0.5) is 5.69 Å². The average molecular weight is 263 g/mol. The maximum absolute atomic E-state index is 9.27. The Balaban J connectivity index is 2.24. The van der Waals surface area contributed by atoms with Gasteiger partial charge in [0.1, 0.15) is 6.07 Å². The van der Waals surface area contributed by atoms with Gasteiger partial charge in [0.15, 0.2) is 0 Å². The number of hydrogen-bond donors (Lipinski definition) is 0. The van der Waals surface area contributed by atoms with Crippen molar-refractivity contribution >= 4 is 17.3 Å². The van der Waals surface area contributed by atoms with Crippen LogP contribution >= 0.6 is 11.6 Å². The lowest BCUT2D eigenvalue weighted by atomic mass is 10.0. The van der Waals surface area contributed by atoms with Crippen molar-refractivity contribution in [3.8, 4) is 6.07 Å². The van der Waals surface area contributed by atoms with Gasteiger partial charge in [0.05, 0.1) is 11.3 Å². The van der Waals surface area contributed by atoms with E-state index in [1.807, 2.05) is 18.2 Å². The van der Waals surface area contributed by atoms with E-state index in [0.29, 0.717) is 5.88 Å². The Morgan fingerprint density at radius 2 is 2.22 bits per heavy atom. The number of rotatable bonds is 2. The SMILES string of the molecule is CC1CCCN(c2ccc(CCl)cc2C#N)CC1. The van der Waals surface area contributed by atoms with Gasteiger partial charge in [-0.25, -0.2) is 0 Å². The monoisotopic (exact) mass is 262 g/mol. The summed E-state index contributed by atoms with van der Waals surface area (Å²) >= 11 is 5.82. The highest BCUT2D eigenvalue weighted by Gasteiger charge is 2.16. The van der Waals surface area contributed by atoms with E-state index in [1.54, 1.807) is 0 Å². The highest BCUT2D eigenvalue weighted by Crippen LogP contribution is 2.26. The second kappa shape index (κ2) is 6.11. The maximum atomic E-state index is 9.27. The van der Waals surface area contributed by atoms with Crippen molar-refractivity contribution in [2.45, 2.75) is 32.1 Å². The third kappa shape index (κ3) is 2.97. The molecule has 2 rings (SSSR count). The number of hydrogen-bond acceptors (Lipinski definition) is 2. The van der Waals surface area contributed by atoms with Crippen LogP contribution in [0, 0.1) is 17.2 Å². The molecule has 1 atom stereocenters. The van der Waals surface area contributed by atoms with Gasteiger partial charge in [0.25, 0.3) is 0 Å². The van der Waals surface area contributed by atoms with Crippen LogP contribution < -0.4 is 4.90 Å². The van der Waals surface area contributed by atoms with Crippen molar-refractivity contribution in [2.75, 3.05) is 18.0 Å². The van der Waals surface area contributed by atoms with Crippen LogP contribution in [0.2, 0.25) is 0 Å². The molecule has 1 heterocycles. The summed E-state index contributed by atoms with van der Waals surface area (Å²) in [5.41, 5.74) is 2.84. The highest BCUT2D eigenvalue weighted by atomic mass is 35.5. The summed E-state index contributed by atoms with van der Waals surface area (Å²) in [5, 5.41) is 9.27. The summed E-state index contributed by atoms with van der Waals surface area (Å²) in [6, 6.07) is 8.29.